The van der Waals surface area contributed by atoms with E-state index in [-0.39, 0.29) is 6.61 Å². The molecule has 0 aliphatic heterocycles. The molecule has 5 nitrogen and oxygen atoms in total. The molecular weight excluding hydrogens is 222 g/mol. The maximum absolute atomic E-state index is 11.7. The molecular formula is C12H16NO4. The fraction of sp³-hybridized carbons (Fsp3) is 0.333. The summed E-state index contributed by atoms with van der Waals surface area (Å²) in [4.78, 5) is 16.7. The van der Waals surface area contributed by atoms with E-state index in [0.717, 1.165) is 5.06 Å². The Morgan fingerprint density at radius 3 is 2.65 bits per heavy atom. The number of ether oxygens (including phenoxy) is 2. The largest absolute Gasteiger partial charge is 0.494 e. The van der Waals surface area contributed by atoms with Crippen molar-refractivity contribution in [2.45, 2.75) is 6.42 Å². The Bertz CT molecular complexity index is 367. The Kier molecular flexibility index (Phi) is 5.29. The fourth-order valence-electron chi connectivity index (χ4n) is 1.29. The number of hydroxylamine groups is 1. The van der Waals surface area contributed by atoms with Crippen LogP contribution in [-0.4, -0.2) is 26.9 Å². The summed E-state index contributed by atoms with van der Waals surface area (Å²) in [6.45, 7) is 3.83. The molecule has 0 unspecified atom stereocenters. The molecule has 0 N–H and O–H groups in total. The topological polar surface area (TPSA) is 48.0 Å². The number of hydrogen-bond acceptors (Lipinski definition) is 4. The first kappa shape index (κ1) is 13.3. The third-order valence-corrected chi connectivity index (χ3v) is 2.02. The zero-order chi connectivity index (χ0) is 12.7. The molecule has 0 bridgehead atoms. The van der Waals surface area contributed by atoms with Crippen LogP contribution in [-0.2, 0) is 9.57 Å². The van der Waals surface area contributed by atoms with Gasteiger partial charge < -0.3 is 9.47 Å². The quantitative estimate of drug-likeness (QED) is 0.739. The minimum Gasteiger partial charge on any atom is -0.494 e. The minimum atomic E-state index is -0.597. The standard InChI is InChI=1S/C12H16NO4/c1-4-9-17-12(14)13(16-3)10-7-5-6-8-11(10)15-2/h5-8H,1,4,9H2,2-3H3. The monoisotopic (exact) mass is 238 g/mol. The highest BCUT2D eigenvalue weighted by Gasteiger charge is 2.20. The molecule has 5 heteroatoms. The number of rotatable bonds is 5. The van der Waals surface area contributed by atoms with Gasteiger partial charge in [0.15, 0.2) is 0 Å². The van der Waals surface area contributed by atoms with Gasteiger partial charge >= 0.3 is 6.09 Å². The van der Waals surface area contributed by atoms with Crippen LogP contribution in [0, 0.1) is 6.92 Å². The van der Waals surface area contributed by atoms with Crippen molar-refractivity contribution >= 4 is 11.8 Å². The highest BCUT2D eigenvalue weighted by molar-refractivity contribution is 5.87. The van der Waals surface area contributed by atoms with E-state index in [1.54, 1.807) is 24.3 Å². The van der Waals surface area contributed by atoms with Crippen molar-refractivity contribution in [3.05, 3.63) is 31.2 Å². The number of methoxy groups -OCH3 is 1. The first-order valence-corrected chi connectivity index (χ1v) is 5.17. The molecule has 0 spiro atoms. The highest BCUT2D eigenvalue weighted by atomic mass is 16.7. The summed E-state index contributed by atoms with van der Waals surface area (Å²) >= 11 is 0. The molecule has 1 aromatic rings. The Morgan fingerprint density at radius 1 is 1.35 bits per heavy atom. The molecule has 0 aliphatic carbocycles. The van der Waals surface area contributed by atoms with Crippen LogP contribution in [0.5, 0.6) is 5.75 Å². The average molecular weight is 238 g/mol. The second-order valence-electron chi connectivity index (χ2n) is 3.12. The summed E-state index contributed by atoms with van der Waals surface area (Å²) in [5.41, 5.74) is 0.492. The fourth-order valence-corrected chi connectivity index (χ4v) is 1.29. The van der Waals surface area contributed by atoms with Gasteiger partial charge in [-0.3, -0.25) is 4.84 Å². The van der Waals surface area contributed by atoms with Crippen LogP contribution in [0.25, 0.3) is 0 Å². The lowest BCUT2D eigenvalue weighted by molar-refractivity contribution is 0.100. The number of carbonyl (C=O) groups excluding carboxylic acids is 1. The SMILES string of the molecule is [CH2]CCOC(=O)N(OC)c1ccccc1OC. The van der Waals surface area contributed by atoms with E-state index in [1.165, 1.54) is 14.2 Å². The molecule has 0 atom stereocenters. The third-order valence-electron chi connectivity index (χ3n) is 2.02. The average Bonchev–Trinajstić information content (AvgIpc) is 2.37. The zero-order valence-corrected chi connectivity index (χ0v) is 10.0. The molecule has 1 radical (unpaired) electrons. The number of para-hydroxylation sites is 2. The zero-order valence-electron chi connectivity index (χ0n) is 10.0. The lowest BCUT2D eigenvalue weighted by atomic mass is 10.3. The van der Waals surface area contributed by atoms with Crippen molar-refractivity contribution in [3.63, 3.8) is 0 Å². The van der Waals surface area contributed by atoms with E-state index in [4.69, 9.17) is 14.3 Å². The molecule has 17 heavy (non-hydrogen) atoms. The van der Waals surface area contributed by atoms with Gasteiger partial charge in [0.1, 0.15) is 11.4 Å². The van der Waals surface area contributed by atoms with Crippen LogP contribution < -0.4 is 9.80 Å². The summed E-state index contributed by atoms with van der Waals surface area (Å²) in [7, 11) is 2.91. The predicted molar refractivity (Wildman–Crippen MR) is 63.8 cm³/mol. The number of amides is 1. The first-order chi connectivity index (χ1) is 8.24. The van der Waals surface area contributed by atoms with Gasteiger partial charge in [-0.1, -0.05) is 12.1 Å². The number of nitrogens with zero attached hydrogens (tertiary/aromatic N) is 1. The molecule has 0 heterocycles. The molecule has 1 amide bonds. The van der Waals surface area contributed by atoms with E-state index in [9.17, 15) is 4.79 Å². The van der Waals surface area contributed by atoms with Crippen molar-refractivity contribution in [3.8, 4) is 5.75 Å². The maximum Gasteiger partial charge on any atom is 0.438 e. The Morgan fingerprint density at radius 2 is 2.06 bits per heavy atom. The number of benzene rings is 1. The van der Waals surface area contributed by atoms with Crippen molar-refractivity contribution in [2.75, 3.05) is 25.9 Å². The molecule has 0 fully saturated rings. The summed E-state index contributed by atoms with van der Waals surface area (Å²) in [6, 6.07) is 7.01. The number of hydrogen-bond donors (Lipinski definition) is 0. The second kappa shape index (κ2) is 6.75. The van der Waals surface area contributed by atoms with Crippen molar-refractivity contribution in [2.24, 2.45) is 0 Å². The van der Waals surface area contributed by atoms with Gasteiger partial charge in [0.2, 0.25) is 0 Å². The third kappa shape index (κ3) is 3.35. The molecule has 0 aliphatic rings. The van der Waals surface area contributed by atoms with Gasteiger partial charge in [-0.25, -0.2) is 4.79 Å². The number of anilines is 1. The highest BCUT2D eigenvalue weighted by Crippen LogP contribution is 2.28. The lowest BCUT2D eigenvalue weighted by Crippen LogP contribution is -2.31. The second-order valence-corrected chi connectivity index (χ2v) is 3.12. The first-order valence-electron chi connectivity index (χ1n) is 5.17. The molecule has 1 aromatic carbocycles. The summed E-state index contributed by atoms with van der Waals surface area (Å²) in [5.74, 6) is 0.529. The Hall–Kier alpha value is -1.75. The van der Waals surface area contributed by atoms with E-state index in [0.29, 0.717) is 17.9 Å². The molecule has 93 valence electrons. The molecule has 1 rings (SSSR count). The summed E-state index contributed by atoms with van der Waals surface area (Å²) < 4.78 is 10.1. The van der Waals surface area contributed by atoms with Gasteiger partial charge in [-0.15, -0.1) is 5.06 Å². The van der Waals surface area contributed by atoms with Gasteiger partial charge in [0.05, 0.1) is 20.8 Å². The summed E-state index contributed by atoms with van der Waals surface area (Å²) in [6.07, 6.45) is -0.0875. The van der Waals surface area contributed by atoms with Crippen molar-refractivity contribution in [1.29, 1.82) is 0 Å². The van der Waals surface area contributed by atoms with Gasteiger partial charge in [-0.05, 0) is 25.5 Å². The predicted octanol–water partition coefficient (Wildman–Crippen LogP) is 2.42. The van der Waals surface area contributed by atoms with Gasteiger partial charge in [-0.2, -0.15) is 0 Å². The van der Waals surface area contributed by atoms with Crippen LogP contribution in [0.4, 0.5) is 10.5 Å². The van der Waals surface area contributed by atoms with Crippen molar-refractivity contribution in [1.82, 2.24) is 0 Å². The van der Waals surface area contributed by atoms with Crippen molar-refractivity contribution < 1.29 is 19.1 Å². The molecule has 0 saturated carbocycles. The van der Waals surface area contributed by atoms with Crippen LogP contribution in [0.1, 0.15) is 6.42 Å². The summed E-state index contributed by atoms with van der Waals surface area (Å²) in [5, 5.41) is 1.04. The molecule has 0 saturated heterocycles. The number of carbonyl (C=O) groups is 1. The molecule has 0 aromatic heterocycles. The van der Waals surface area contributed by atoms with Gasteiger partial charge in [0, 0.05) is 0 Å². The van der Waals surface area contributed by atoms with Crippen LogP contribution in [0.3, 0.4) is 0 Å². The Labute approximate surface area is 101 Å². The maximum atomic E-state index is 11.7. The van der Waals surface area contributed by atoms with E-state index in [2.05, 4.69) is 6.92 Å². The van der Waals surface area contributed by atoms with E-state index in [1.807, 2.05) is 0 Å². The normalized spacial score (nSPS) is 9.82. The Balaban J connectivity index is 2.88. The lowest BCUT2D eigenvalue weighted by Gasteiger charge is -2.20. The van der Waals surface area contributed by atoms with Crippen LogP contribution in [0.15, 0.2) is 24.3 Å². The van der Waals surface area contributed by atoms with Gasteiger partial charge in [0.25, 0.3) is 0 Å². The smallest absolute Gasteiger partial charge is 0.438 e. The van der Waals surface area contributed by atoms with E-state index < -0.39 is 6.09 Å². The van der Waals surface area contributed by atoms with E-state index >= 15 is 0 Å². The van der Waals surface area contributed by atoms with Crippen LogP contribution in [0.2, 0.25) is 0 Å². The minimum absolute atomic E-state index is 0.244. The van der Waals surface area contributed by atoms with Crippen LogP contribution >= 0.6 is 0 Å².